The Labute approximate surface area is 239 Å². The van der Waals surface area contributed by atoms with Crippen molar-refractivity contribution in [1.82, 2.24) is 10.3 Å². The largest absolute Gasteiger partial charge is 0.497 e. The zero-order valence-corrected chi connectivity index (χ0v) is 23.3. The summed E-state index contributed by atoms with van der Waals surface area (Å²) in [4.78, 5) is 45.8. The van der Waals surface area contributed by atoms with E-state index in [4.69, 9.17) is 9.47 Å². The predicted molar refractivity (Wildman–Crippen MR) is 153 cm³/mol. The lowest BCUT2D eigenvalue weighted by molar-refractivity contribution is -0.127. The Morgan fingerprint density at radius 3 is 2.41 bits per heavy atom. The van der Waals surface area contributed by atoms with E-state index in [0.29, 0.717) is 28.6 Å². The molecule has 9 nitrogen and oxygen atoms in total. The minimum atomic E-state index is -1.10. The summed E-state index contributed by atoms with van der Waals surface area (Å²) >= 11 is 0. The first-order valence-electron chi connectivity index (χ1n) is 13.7. The van der Waals surface area contributed by atoms with Crippen molar-refractivity contribution in [3.05, 3.63) is 78.2 Å². The third kappa shape index (κ3) is 7.81. The maximum atomic E-state index is 14.0. The molecule has 3 amide bonds. The average Bonchev–Trinajstić information content (AvgIpc) is 3.49. The van der Waals surface area contributed by atoms with Crippen LogP contribution in [0.25, 0.3) is 0 Å². The van der Waals surface area contributed by atoms with Gasteiger partial charge in [-0.3, -0.25) is 19.3 Å². The SMILES string of the molecule is COc1ccc(N(C(=O)CCCC(=O)Nc2ccccn2)[C@H](C(=O)NC2CCCC2)c2ccc(F)cc2)c(OC)c1. The number of rotatable bonds is 12. The maximum Gasteiger partial charge on any atom is 0.248 e. The van der Waals surface area contributed by atoms with Crippen LogP contribution in [-0.4, -0.2) is 43.0 Å². The Morgan fingerprint density at radius 2 is 1.76 bits per heavy atom. The number of halogens is 1. The number of amides is 3. The number of carbonyl (C=O) groups excluding carboxylic acids is 3. The van der Waals surface area contributed by atoms with E-state index in [-0.39, 0.29) is 37.1 Å². The summed E-state index contributed by atoms with van der Waals surface area (Å²) in [5.74, 6) is -0.239. The molecule has 0 radical (unpaired) electrons. The Kier molecular flexibility index (Phi) is 10.3. The topological polar surface area (TPSA) is 110 Å². The van der Waals surface area contributed by atoms with Gasteiger partial charge in [-0.05, 0) is 61.2 Å². The molecule has 3 aromatic rings. The zero-order chi connectivity index (χ0) is 29.2. The molecular weight excluding hydrogens is 527 g/mol. The number of ether oxygens (including phenoxy) is 2. The molecule has 0 bridgehead atoms. The Bertz CT molecular complexity index is 1330. The summed E-state index contributed by atoms with van der Waals surface area (Å²) in [5, 5.41) is 5.81. The van der Waals surface area contributed by atoms with Crippen LogP contribution in [0.3, 0.4) is 0 Å². The highest BCUT2D eigenvalue weighted by molar-refractivity contribution is 6.02. The van der Waals surface area contributed by atoms with Crippen LogP contribution in [0, 0.1) is 5.82 Å². The molecular formula is C31H35FN4O5. The van der Waals surface area contributed by atoms with E-state index >= 15 is 0 Å². The van der Waals surface area contributed by atoms with Crippen LogP contribution in [0.5, 0.6) is 11.5 Å². The van der Waals surface area contributed by atoms with Gasteiger partial charge in [-0.25, -0.2) is 9.37 Å². The fourth-order valence-electron chi connectivity index (χ4n) is 4.98. The number of hydrogen-bond acceptors (Lipinski definition) is 6. The highest BCUT2D eigenvalue weighted by Gasteiger charge is 2.35. The molecule has 2 N–H and O–H groups in total. The molecule has 0 unspecified atom stereocenters. The summed E-state index contributed by atoms with van der Waals surface area (Å²) in [6.45, 7) is 0. The third-order valence-corrected chi connectivity index (χ3v) is 7.04. The number of hydrogen-bond donors (Lipinski definition) is 2. The van der Waals surface area contributed by atoms with E-state index in [1.54, 1.807) is 42.6 Å². The molecule has 1 atom stereocenters. The van der Waals surface area contributed by atoms with Crippen molar-refractivity contribution in [3.8, 4) is 11.5 Å². The Hall–Kier alpha value is -4.47. The second kappa shape index (κ2) is 14.2. The highest BCUT2D eigenvalue weighted by Crippen LogP contribution is 2.38. The van der Waals surface area contributed by atoms with Gasteiger partial charge >= 0.3 is 0 Å². The summed E-state index contributed by atoms with van der Waals surface area (Å²) in [6, 6.07) is 14.6. The van der Waals surface area contributed by atoms with Gasteiger partial charge in [0.25, 0.3) is 0 Å². The molecule has 1 aromatic heterocycles. The molecule has 0 aliphatic heterocycles. The third-order valence-electron chi connectivity index (χ3n) is 7.04. The van der Waals surface area contributed by atoms with E-state index in [2.05, 4.69) is 15.6 Å². The van der Waals surface area contributed by atoms with Crippen molar-refractivity contribution in [2.45, 2.75) is 57.0 Å². The molecule has 41 heavy (non-hydrogen) atoms. The van der Waals surface area contributed by atoms with Crippen LogP contribution >= 0.6 is 0 Å². The van der Waals surface area contributed by atoms with E-state index in [9.17, 15) is 18.8 Å². The van der Waals surface area contributed by atoms with Gasteiger partial charge in [-0.15, -0.1) is 0 Å². The van der Waals surface area contributed by atoms with Crippen LogP contribution < -0.4 is 25.0 Å². The molecule has 1 saturated carbocycles. The molecule has 1 fully saturated rings. The number of nitrogens with one attached hydrogen (secondary N) is 2. The van der Waals surface area contributed by atoms with Crippen LogP contribution in [0.2, 0.25) is 0 Å². The number of methoxy groups -OCH3 is 2. The van der Waals surface area contributed by atoms with Gasteiger partial charge < -0.3 is 20.1 Å². The van der Waals surface area contributed by atoms with Gasteiger partial charge in [-0.2, -0.15) is 0 Å². The standard InChI is InChI=1S/C31H35FN4O5/c1-40-24-17-18-25(26(20-24)41-2)36(29(38)12-7-11-28(37)35-27-10-5-6-19-33-27)30(21-13-15-22(32)16-14-21)31(39)34-23-8-3-4-9-23/h5-6,10,13-20,23,30H,3-4,7-9,11-12H2,1-2H3,(H,34,39)(H,33,35,37)/t30-/m0/s1. The van der Waals surface area contributed by atoms with Crippen LogP contribution in [0.1, 0.15) is 56.6 Å². The van der Waals surface area contributed by atoms with Crippen molar-refractivity contribution in [2.24, 2.45) is 0 Å². The second-order valence-electron chi connectivity index (χ2n) is 9.86. The predicted octanol–water partition coefficient (Wildman–Crippen LogP) is 5.18. The normalized spacial score (nSPS) is 13.7. The van der Waals surface area contributed by atoms with E-state index in [1.807, 2.05) is 0 Å². The van der Waals surface area contributed by atoms with E-state index in [1.165, 1.54) is 43.4 Å². The molecule has 0 saturated heterocycles. The van der Waals surface area contributed by atoms with Crippen LogP contribution in [-0.2, 0) is 14.4 Å². The van der Waals surface area contributed by atoms with Crippen molar-refractivity contribution in [2.75, 3.05) is 24.4 Å². The summed E-state index contributed by atoms with van der Waals surface area (Å²) in [5.41, 5.74) is 0.799. The van der Waals surface area contributed by atoms with Crippen molar-refractivity contribution in [1.29, 1.82) is 0 Å². The minimum Gasteiger partial charge on any atom is -0.497 e. The van der Waals surface area contributed by atoms with Crippen LogP contribution in [0.4, 0.5) is 15.9 Å². The molecule has 1 aliphatic carbocycles. The van der Waals surface area contributed by atoms with E-state index in [0.717, 1.165) is 25.7 Å². The fourth-order valence-corrected chi connectivity index (χ4v) is 4.98. The van der Waals surface area contributed by atoms with Gasteiger partial charge in [0.2, 0.25) is 17.7 Å². The molecule has 2 aromatic carbocycles. The average molecular weight is 563 g/mol. The summed E-state index contributed by atoms with van der Waals surface area (Å²) in [7, 11) is 2.98. The summed E-state index contributed by atoms with van der Waals surface area (Å²) in [6.07, 6.45) is 5.59. The number of carbonyl (C=O) groups is 3. The van der Waals surface area contributed by atoms with Crippen molar-refractivity contribution in [3.63, 3.8) is 0 Å². The number of nitrogens with zero attached hydrogens (tertiary/aromatic N) is 2. The quantitative estimate of drug-likeness (QED) is 0.315. The number of anilines is 2. The van der Waals surface area contributed by atoms with Crippen molar-refractivity contribution < 1.29 is 28.2 Å². The fraction of sp³-hybridized carbons (Fsp3) is 0.355. The van der Waals surface area contributed by atoms with Gasteiger partial charge in [0.15, 0.2) is 0 Å². The smallest absolute Gasteiger partial charge is 0.248 e. The minimum absolute atomic E-state index is 0.00421. The molecule has 10 heteroatoms. The Morgan fingerprint density at radius 1 is 1.00 bits per heavy atom. The van der Waals surface area contributed by atoms with Crippen LogP contribution in [0.15, 0.2) is 66.9 Å². The first-order chi connectivity index (χ1) is 19.9. The van der Waals surface area contributed by atoms with Gasteiger partial charge in [0.1, 0.15) is 29.2 Å². The van der Waals surface area contributed by atoms with E-state index < -0.39 is 17.8 Å². The lowest BCUT2D eigenvalue weighted by atomic mass is 10.0. The first kappa shape index (κ1) is 29.5. The molecule has 1 heterocycles. The number of benzene rings is 2. The van der Waals surface area contributed by atoms with Gasteiger partial charge in [0.05, 0.1) is 19.9 Å². The van der Waals surface area contributed by atoms with Gasteiger partial charge in [0, 0.05) is 31.1 Å². The highest BCUT2D eigenvalue weighted by atomic mass is 19.1. The first-order valence-corrected chi connectivity index (χ1v) is 13.7. The summed E-state index contributed by atoms with van der Waals surface area (Å²) < 4.78 is 24.8. The number of aromatic nitrogens is 1. The molecule has 4 rings (SSSR count). The maximum absolute atomic E-state index is 14.0. The lowest BCUT2D eigenvalue weighted by Gasteiger charge is -2.33. The monoisotopic (exact) mass is 562 g/mol. The zero-order valence-electron chi connectivity index (χ0n) is 23.3. The second-order valence-corrected chi connectivity index (χ2v) is 9.86. The molecule has 216 valence electrons. The van der Waals surface area contributed by atoms with Crippen molar-refractivity contribution >= 4 is 29.2 Å². The number of pyridine rings is 1. The van der Waals surface area contributed by atoms with Gasteiger partial charge in [-0.1, -0.05) is 31.0 Å². The Balaban J connectivity index is 1.64. The molecule has 0 spiro atoms. The lowest BCUT2D eigenvalue weighted by Crippen LogP contribution is -2.46. The molecule has 1 aliphatic rings.